The zero-order valence-corrected chi connectivity index (χ0v) is 15.2. The molecule has 2 aromatic rings. The van der Waals surface area contributed by atoms with Crippen LogP contribution >= 0.6 is 15.9 Å². The summed E-state index contributed by atoms with van der Waals surface area (Å²) < 4.78 is 17.2. The lowest BCUT2D eigenvalue weighted by molar-refractivity contribution is 0.354. The fourth-order valence-electron chi connectivity index (χ4n) is 2.49. The summed E-state index contributed by atoms with van der Waals surface area (Å²) in [5, 5.41) is 3.51. The number of aryl methyl sites for hydroxylation is 2. The average Bonchev–Trinajstić information content (AvgIpc) is 2.84. The van der Waals surface area contributed by atoms with Crippen molar-refractivity contribution in [3.05, 3.63) is 45.3 Å². The van der Waals surface area contributed by atoms with Gasteiger partial charge in [0.05, 0.1) is 14.2 Å². The molecule has 1 heterocycles. The fraction of sp³-hybridized carbons (Fsp3) is 0.412. The van der Waals surface area contributed by atoms with E-state index in [0.717, 1.165) is 27.3 Å². The molecule has 1 atom stereocenters. The maximum absolute atomic E-state index is 5.59. The molecule has 0 amide bonds. The first kappa shape index (κ1) is 16.9. The first-order chi connectivity index (χ1) is 10.5. The Bertz CT molecular complexity index is 652. The van der Waals surface area contributed by atoms with Crippen molar-refractivity contribution in [2.45, 2.75) is 33.4 Å². The lowest BCUT2D eigenvalue weighted by Gasteiger charge is -2.16. The zero-order valence-electron chi connectivity index (χ0n) is 13.6. The Morgan fingerprint density at radius 1 is 1.14 bits per heavy atom. The topological polar surface area (TPSA) is 43.6 Å². The number of rotatable bonds is 6. The molecule has 0 fully saturated rings. The minimum atomic E-state index is 0.206. The number of furan rings is 1. The van der Waals surface area contributed by atoms with Gasteiger partial charge in [-0.25, -0.2) is 0 Å². The zero-order chi connectivity index (χ0) is 16.3. The van der Waals surface area contributed by atoms with Crippen LogP contribution in [0.25, 0.3) is 0 Å². The van der Waals surface area contributed by atoms with Gasteiger partial charge in [0.1, 0.15) is 11.5 Å². The summed E-state index contributed by atoms with van der Waals surface area (Å²) in [6.45, 7) is 6.80. The predicted molar refractivity (Wildman–Crippen MR) is 90.7 cm³/mol. The normalized spacial score (nSPS) is 12.3. The number of hydrogen-bond donors (Lipinski definition) is 1. The van der Waals surface area contributed by atoms with Gasteiger partial charge in [-0.1, -0.05) is 15.9 Å². The van der Waals surface area contributed by atoms with Crippen molar-refractivity contribution in [2.75, 3.05) is 14.2 Å². The smallest absolute Gasteiger partial charge is 0.161 e. The van der Waals surface area contributed by atoms with Crippen LogP contribution in [0.4, 0.5) is 0 Å². The molecule has 120 valence electrons. The van der Waals surface area contributed by atoms with E-state index < -0.39 is 0 Å². The summed E-state index contributed by atoms with van der Waals surface area (Å²) in [6.07, 6.45) is 0. The summed E-state index contributed by atoms with van der Waals surface area (Å²) in [7, 11) is 3.28. The van der Waals surface area contributed by atoms with Gasteiger partial charge in [-0.3, -0.25) is 0 Å². The Kier molecular flexibility index (Phi) is 5.53. The Hall–Kier alpha value is -1.46. The van der Waals surface area contributed by atoms with E-state index >= 15 is 0 Å². The fourth-order valence-corrected chi connectivity index (χ4v) is 2.95. The molecule has 0 saturated carbocycles. The van der Waals surface area contributed by atoms with Gasteiger partial charge in [-0.05, 0) is 44.5 Å². The van der Waals surface area contributed by atoms with Gasteiger partial charge in [0, 0.05) is 22.6 Å². The predicted octanol–water partition coefficient (Wildman–Crippen LogP) is 4.53. The average molecular weight is 368 g/mol. The molecule has 4 nitrogen and oxygen atoms in total. The highest BCUT2D eigenvalue weighted by molar-refractivity contribution is 9.10. The van der Waals surface area contributed by atoms with Gasteiger partial charge < -0.3 is 19.2 Å². The molecule has 1 N–H and O–H groups in total. The van der Waals surface area contributed by atoms with Crippen molar-refractivity contribution >= 4 is 15.9 Å². The van der Waals surface area contributed by atoms with Crippen LogP contribution in [0.2, 0.25) is 0 Å². The summed E-state index contributed by atoms with van der Waals surface area (Å²) in [6, 6.07) is 6.19. The van der Waals surface area contributed by atoms with E-state index in [1.54, 1.807) is 14.2 Å². The number of methoxy groups -OCH3 is 2. The molecule has 0 spiro atoms. The van der Waals surface area contributed by atoms with Gasteiger partial charge in [0.2, 0.25) is 0 Å². The van der Waals surface area contributed by atoms with Gasteiger partial charge in [0.25, 0.3) is 0 Å². The third kappa shape index (κ3) is 3.65. The quantitative estimate of drug-likeness (QED) is 0.814. The van der Waals surface area contributed by atoms with Crippen LogP contribution < -0.4 is 14.8 Å². The monoisotopic (exact) mass is 367 g/mol. The number of hydrogen-bond acceptors (Lipinski definition) is 4. The van der Waals surface area contributed by atoms with Crippen LogP contribution in [0.1, 0.15) is 35.6 Å². The Balaban J connectivity index is 2.12. The summed E-state index contributed by atoms with van der Waals surface area (Å²) >= 11 is 3.58. The van der Waals surface area contributed by atoms with Crippen LogP contribution in [0.3, 0.4) is 0 Å². The van der Waals surface area contributed by atoms with Crippen molar-refractivity contribution < 1.29 is 13.9 Å². The second-order valence-electron chi connectivity index (χ2n) is 5.27. The van der Waals surface area contributed by atoms with E-state index in [9.17, 15) is 0 Å². The molecule has 0 radical (unpaired) electrons. The molecule has 0 aliphatic rings. The summed E-state index contributed by atoms with van der Waals surface area (Å²) in [5.74, 6) is 3.34. The maximum atomic E-state index is 5.59. The third-order valence-corrected chi connectivity index (χ3v) is 4.44. The van der Waals surface area contributed by atoms with Crippen molar-refractivity contribution in [1.29, 1.82) is 0 Å². The Morgan fingerprint density at radius 2 is 1.77 bits per heavy atom. The lowest BCUT2D eigenvalue weighted by Crippen LogP contribution is -2.18. The van der Waals surface area contributed by atoms with E-state index in [-0.39, 0.29) is 6.04 Å². The molecule has 22 heavy (non-hydrogen) atoms. The van der Waals surface area contributed by atoms with Crippen LogP contribution in [-0.4, -0.2) is 14.2 Å². The lowest BCUT2D eigenvalue weighted by atomic mass is 10.1. The van der Waals surface area contributed by atoms with E-state index in [1.165, 1.54) is 5.56 Å². The second-order valence-corrected chi connectivity index (χ2v) is 6.12. The number of ether oxygens (including phenoxy) is 2. The largest absolute Gasteiger partial charge is 0.493 e. The van der Waals surface area contributed by atoms with Crippen LogP contribution in [0.15, 0.2) is 27.1 Å². The van der Waals surface area contributed by atoms with Crippen LogP contribution in [0.5, 0.6) is 11.5 Å². The first-order valence-corrected chi connectivity index (χ1v) is 7.96. The first-order valence-electron chi connectivity index (χ1n) is 7.17. The van der Waals surface area contributed by atoms with Gasteiger partial charge >= 0.3 is 0 Å². The van der Waals surface area contributed by atoms with Gasteiger partial charge in [0.15, 0.2) is 11.5 Å². The molecule has 1 aromatic carbocycles. The van der Waals surface area contributed by atoms with Gasteiger partial charge in [-0.15, -0.1) is 0 Å². The van der Waals surface area contributed by atoms with Crippen molar-refractivity contribution in [1.82, 2.24) is 5.32 Å². The number of nitrogens with one attached hydrogen (secondary N) is 1. The second kappa shape index (κ2) is 7.20. The van der Waals surface area contributed by atoms with E-state index in [1.807, 2.05) is 26.0 Å². The van der Waals surface area contributed by atoms with Crippen molar-refractivity contribution in [2.24, 2.45) is 0 Å². The number of benzene rings is 1. The molecule has 5 heteroatoms. The highest BCUT2D eigenvalue weighted by Gasteiger charge is 2.14. The van der Waals surface area contributed by atoms with Crippen molar-refractivity contribution in [3.63, 3.8) is 0 Å². The molecule has 0 saturated heterocycles. The Morgan fingerprint density at radius 3 is 2.32 bits per heavy atom. The third-order valence-electron chi connectivity index (χ3n) is 3.70. The number of halogens is 1. The van der Waals surface area contributed by atoms with Gasteiger partial charge in [-0.2, -0.15) is 0 Å². The Labute approximate surface area is 139 Å². The maximum Gasteiger partial charge on any atom is 0.161 e. The SMILES string of the molecule is COc1cc(Br)c(CNC(C)c2cc(C)oc2C)cc1OC. The molecule has 0 aliphatic heterocycles. The van der Waals surface area contributed by atoms with E-state index in [4.69, 9.17) is 13.9 Å². The summed E-state index contributed by atoms with van der Waals surface area (Å²) in [4.78, 5) is 0. The molecule has 0 bridgehead atoms. The highest BCUT2D eigenvalue weighted by atomic mass is 79.9. The molecule has 1 unspecified atom stereocenters. The summed E-state index contributed by atoms with van der Waals surface area (Å²) in [5.41, 5.74) is 2.30. The van der Waals surface area contributed by atoms with Crippen molar-refractivity contribution in [3.8, 4) is 11.5 Å². The molecule has 1 aromatic heterocycles. The molecule has 0 aliphatic carbocycles. The van der Waals surface area contributed by atoms with E-state index in [2.05, 4.69) is 34.2 Å². The van der Waals surface area contributed by atoms with E-state index in [0.29, 0.717) is 12.3 Å². The van der Waals surface area contributed by atoms with Crippen LogP contribution in [-0.2, 0) is 6.54 Å². The molecule has 2 rings (SSSR count). The standard InChI is InChI=1S/C17H22BrNO3/c1-10-6-14(12(3)22-10)11(2)19-9-13-7-16(20-4)17(21-5)8-15(13)18/h6-8,11,19H,9H2,1-5H3. The molecular weight excluding hydrogens is 346 g/mol. The van der Waals surface area contributed by atoms with Crippen LogP contribution in [0, 0.1) is 13.8 Å². The minimum Gasteiger partial charge on any atom is -0.493 e. The molecular formula is C17H22BrNO3. The highest BCUT2D eigenvalue weighted by Crippen LogP contribution is 2.33. The minimum absolute atomic E-state index is 0.206.